The summed E-state index contributed by atoms with van der Waals surface area (Å²) in [5.41, 5.74) is 5.21. The van der Waals surface area contributed by atoms with E-state index in [-0.39, 0.29) is 0 Å². The minimum atomic E-state index is -1.13. The number of hydrogen-bond donors (Lipinski definition) is 2. The molecule has 1 unspecified atom stereocenters. The molecule has 0 aromatic heterocycles. The molecule has 0 aromatic rings. The van der Waals surface area contributed by atoms with Gasteiger partial charge in [-0.1, -0.05) is 0 Å². The highest BCUT2D eigenvalue weighted by Crippen LogP contribution is 2.06. The number of aliphatic carboxylic acids is 1. The minimum Gasteiger partial charge on any atom is -0.480 e. The van der Waals surface area contributed by atoms with Gasteiger partial charge in [0.1, 0.15) is 12.3 Å². The van der Waals surface area contributed by atoms with Crippen LogP contribution in [0.3, 0.4) is 0 Å². The highest BCUT2D eigenvalue weighted by Gasteiger charge is 2.22. The molecule has 5 heteroatoms. The van der Waals surface area contributed by atoms with E-state index in [4.69, 9.17) is 10.8 Å². The van der Waals surface area contributed by atoms with Gasteiger partial charge < -0.3 is 15.6 Å². The molecule has 0 saturated carbocycles. The number of thioether (sulfide) groups is 1. The molecule has 0 aromatic carbocycles. The van der Waals surface area contributed by atoms with Gasteiger partial charge in [0, 0.05) is 11.7 Å². The number of nitrogens with two attached hydrogens (primary N) is 1. The average molecular weight is 177 g/mol. The Morgan fingerprint density at radius 3 is 2.64 bits per heavy atom. The van der Waals surface area contributed by atoms with Gasteiger partial charge in [-0.3, -0.25) is 4.79 Å². The molecule has 0 spiro atoms. The predicted octanol–water partition coefficient (Wildman–Crippen LogP) is -0.424. The van der Waals surface area contributed by atoms with Crippen molar-refractivity contribution in [1.29, 1.82) is 0 Å². The van der Waals surface area contributed by atoms with Crippen molar-refractivity contribution in [2.24, 2.45) is 11.7 Å². The smallest absolute Gasteiger partial charge is 0.321 e. The van der Waals surface area contributed by atoms with Crippen LogP contribution in [0, 0.1) is 5.92 Å². The molecule has 0 aliphatic carbocycles. The van der Waals surface area contributed by atoms with Crippen LogP contribution < -0.4 is 5.73 Å². The molecule has 0 amide bonds. The van der Waals surface area contributed by atoms with Gasteiger partial charge in [-0.2, -0.15) is 11.8 Å². The second-order valence-corrected chi connectivity index (χ2v) is 3.03. The maximum absolute atomic E-state index is 10.3. The van der Waals surface area contributed by atoms with Crippen molar-refractivity contribution >= 4 is 24.0 Å². The van der Waals surface area contributed by atoms with Crippen molar-refractivity contribution in [3.8, 4) is 0 Å². The summed E-state index contributed by atoms with van der Waals surface area (Å²) in [5, 5.41) is 8.42. The van der Waals surface area contributed by atoms with Crippen molar-refractivity contribution in [1.82, 2.24) is 0 Å². The third kappa shape index (κ3) is 3.38. The Kier molecular flexibility index (Phi) is 4.89. The molecule has 4 nitrogen and oxygen atoms in total. The molecule has 0 saturated heterocycles. The summed E-state index contributed by atoms with van der Waals surface area (Å²) in [6.07, 6.45) is 2.39. The molecule has 0 fully saturated rings. The fourth-order valence-electron chi connectivity index (χ4n) is 0.603. The first-order chi connectivity index (χ1) is 5.13. The lowest BCUT2D eigenvalue weighted by molar-refractivity contribution is -0.140. The molecule has 0 heterocycles. The Balaban J connectivity index is 4.01. The minimum absolute atomic E-state index is 0.455. The molecule has 11 heavy (non-hydrogen) atoms. The molecule has 0 bridgehead atoms. The molecule has 3 N–H and O–H groups in total. The number of rotatable bonds is 5. The number of carboxylic acids is 1. The van der Waals surface area contributed by atoms with Crippen LogP contribution in [-0.4, -0.2) is 35.4 Å². The van der Waals surface area contributed by atoms with E-state index < -0.39 is 17.9 Å². The fourth-order valence-corrected chi connectivity index (χ4v) is 1.27. The van der Waals surface area contributed by atoms with E-state index in [2.05, 4.69) is 0 Å². The van der Waals surface area contributed by atoms with Crippen LogP contribution in [0.5, 0.6) is 0 Å². The summed E-state index contributed by atoms with van der Waals surface area (Å²) < 4.78 is 0. The van der Waals surface area contributed by atoms with Crippen molar-refractivity contribution in [3.63, 3.8) is 0 Å². The molecule has 2 atom stereocenters. The first-order valence-corrected chi connectivity index (χ1v) is 4.45. The Hall–Kier alpha value is -0.550. The zero-order chi connectivity index (χ0) is 8.85. The molecule has 0 rings (SSSR count). The Morgan fingerprint density at radius 1 is 1.82 bits per heavy atom. The number of hydrogen-bond acceptors (Lipinski definition) is 4. The summed E-state index contributed by atoms with van der Waals surface area (Å²) >= 11 is 1.41. The highest BCUT2D eigenvalue weighted by atomic mass is 32.2. The Morgan fingerprint density at radius 2 is 2.36 bits per heavy atom. The quantitative estimate of drug-likeness (QED) is 0.557. The van der Waals surface area contributed by atoms with Crippen LogP contribution >= 0.6 is 11.8 Å². The molecular formula is C6H11NO3S. The summed E-state index contributed by atoms with van der Waals surface area (Å²) in [4.78, 5) is 20.6. The first kappa shape index (κ1) is 10.4. The summed E-state index contributed by atoms with van der Waals surface area (Å²) in [7, 11) is 0. The van der Waals surface area contributed by atoms with E-state index in [0.717, 1.165) is 0 Å². The molecule has 0 radical (unpaired) electrons. The number of aldehydes is 1. The maximum atomic E-state index is 10.3. The van der Waals surface area contributed by atoms with Crippen molar-refractivity contribution < 1.29 is 14.7 Å². The summed E-state index contributed by atoms with van der Waals surface area (Å²) in [5.74, 6) is -1.25. The van der Waals surface area contributed by atoms with Gasteiger partial charge in [-0.15, -0.1) is 0 Å². The summed E-state index contributed by atoms with van der Waals surface area (Å²) in [6, 6.07) is -1.07. The van der Waals surface area contributed by atoms with Crippen molar-refractivity contribution in [3.05, 3.63) is 0 Å². The SMILES string of the molecule is CSCC(C=O)[C@H](N)C(=O)O. The second kappa shape index (κ2) is 5.15. The zero-order valence-electron chi connectivity index (χ0n) is 6.19. The van der Waals surface area contributed by atoms with Crippen LogP contribution in [0.4, 0.5) is 0 Å². The lowest BCUT2D eigenvalue weighted by Gasteiger charge is -2.12. The van der Waals surface area contributed by atoms with Gasteiger partial charge in [0.25, 0.3) is 0 Å². The van der Waals surface area contributed by atoms with Gasteiger partial charge in [0.15, 0.2) is 0 Å². The van der Waals surface area contributed by atoms with E-state index in [9.17, 15) is 9.59 Å². The molecule has 0 aliphatic heterocycles. The van der Waals surface area contributed by atoms with Crippen molar-refractivity contribution in [2.45, 2.75) is 6.04 Å². The third-order valence-corrected chi connectivity index (χ3v) is 2.00. The predicted molar refractivity (Wildman–Crippen MR) is 43.5 cm³/mol. The van der Waals surface area contributed by atoms with Crippen LogP contribution in [0.2, 0.25) is 0 Å². The van der Waals surface area contributed by atoms with Gasteiger partial charge in [-0.05, 0) is 6.26 Å². The van der Waals surface area contributed by atoms with E-state index in [1.807, 2.05) is 0 Å². The molecular weight excluding hydrogens is 166 g/mol. The Bertz CT molecular complexity index is 151. The van der Waals surface area contributed by atoms with Crippen LogP contribution in [0.1, 0.15) is 0 Å². The van der Waals surface area contributed by atoms with E-state index >= 15 is 0 Å². The maximum Gasteiger partial charge on any atom is 0.321 e. The third-order valence-electron chi connectivity index (χ3n) is 1.28. The monoisotopic (exact) mass is 177 g/mol. The largest absolute Gasteiger partial charge is 0.480 e. The lowest BCUT2D eigenvalue weighted by Crippen LogP contribution is -2.39. The topological polar surface area (TPSA) is 80.4 Å². The second-order valence-electron chi connectivity index (χ2n) is 2.12. The fraction of sp³-hybridized carbons (Fsp3) is 0.667. The number of carbonyl (C=O) groups is 2. The van der Waals surface area contributed by atoms with Gasteiger partial charge in [-0.25, -0.2) is 0 Å². The molecule has 0 aliphatic rings. The van der Waals surface area contributed by atoms with Crippen LogP contribution in [0.15, 0.2) is 0 Å². The lowest BCUT2D eigenvalue weighted by atomic mass is 10.1. The number of carboxylic acid groups (broad SMARTS) is 1. The average Bonchev–Trinajstić information content (AvgIpc) is 1.98. The standard InChI is InChI=1S/C6H11NO3S/c1-11-3-4(2-8)5(7)6(9)10/h2,4-5H,3,7H2,1H3,(H,9,10)/t4?,5-/m0/s1. The Labute approximate surface area is 69.1 Å². The first-order valence-electron chi connectivity index (χ1n) is 3.06. The highest BCUT2D eigenvalue weighted by molar-refractivity contribution is 7.98. The van der Waals surface area contributed by atoms with Gasteiger partial charge in [0.05, 0.1) is 0 Å². The van der Waals surface area contributed by atoms with E-state index in [1.165, 1.54) is 11.8 Å². The zero-order valence-corrected chi connectivity index (χ0v) is 7.00. The normalized spacial score (nSPS) is 15.5. The van der Waals surface area contributed by atoms with E-state index in [1.54, 1.807) is 6.26 Å². The number of carbonyl (C=O) groups excluding carboxylic acids is 1. The van der Waals surface area contributed by atoms with E-state index in [0.29, 0.717) is 12.0 Å². The van der Waals surface area contributed by atoms with Gasteiger partial charge in [0.2, 0.25) is 0 Å². The molecule has 64 valence electrons. The van der Waals surface area contributed by atoms with Crippen molar-refractivity contribution in [2.75, 3.05) is 12.0 Å². The van der Waals surface area contributed by atoms with Crippen LogP contribution in [0.25, 0.3) is 0 Å². The summed E-state index contributed by atoms with van der Waals surface area (Å²) in [6.45, 7) is 0. The van der Waals surface area contributed by atoms with Gasteiger partial charge >= 0.3 is 5.97 Å². The van der Waals surface area contributed by atoms with Crippen LogP contribution in [-0.2, 0) is 9.59 Å².